The quantitative estimate of drug-likeness (QED) is 0.853. The van der Waals surface area contributed by atoms with Crippen molar-refractivity contribution in [1.29, 1.82) is 0 Å². The fraction of sp³-hybridized carbons (Fsp3) is 0.714. The number of hydrogen-bond acceptors (Lipinski definition) is 5. The van der Waals surface area contributed by atoms with Crippen LogP contribution in [0.25, 0.3) is 0 Å². The second-order valence-corrected chi connectivity index (χ2v) is 5.28. The molecule has 1 heterocycles. The summed E-state index contributed by atoms with van der Waals surface area (Å²) < 4.78 is 5.57. The average Bonchev–Trinajstić information content (AvgIpc) is 2.38. The normalized spacial score (nSPS) is 23.1. The van der Waals surface area contributed by atoms with E-state index in [9.17, 15) is 0 Å². The Labute approximate surface area is 115 Å². The standard InChI is InChI=1S/C14H24N4O/c1-3-8-19-13-9-10(2)16-14(18-13)17-12-6-4-11(15)5-7-12/h9,11-12H,3-8,15H2,1-2H3,(H,16,17,18). The minimum Gasteiger partial charge on any atom is -0.478 e. The molecule has 0 unspecified atom stereocenters. The van der Waals surface area contributed by atoms with Crippen LogP contribution in [0.3, 0.4) is 0 Å². The number of nitrogens with one attached hydrogen (secondary N) is 1. The van der Waals surface area contributed by atoms with E-state index in [0.717, 1.165) is 37.8 Å². The Morgan fingerprint density at radius 1 is 1.32 bits per heavy atom. The van der Waals surface area contributed by atoms with Crippen LogP contribution in [0.1, 0.15) is 44.7 Å². The Morgan fingerprint density at radius 3 is 2.74 bits per heavy atom. The number of aromatic nitrogens is 2. The number of anilines is 1. The summed E-state index contributed by atoms with van der Waals surface area (Å²) in [6, 6.07) is 2.66. The Bertz CT molecular complexity index is 402. The van der Waals surface area contributed by atoms with Crippen LogP contribution < -0.4 is 15.8 Å². The molecule has 0 bridgehead atoms. The predicted octanol–water partition coefficient (Wildman–Crippen LogP) is 2.26. The summed E-state index contributed by atoms with van der Waals surface area (Å²) >= 11 is 0. The van der Waals surface area contributed by atoms with Gasteiger partial charge in [0.25, 0.3) is 0 Å². The molecular weight excluding hydrogens is 240 g/mol. The van der Waals surface area contributed by atoms with Gasteiger partial charge in [-0.3, -0.25) is 0 Å². The zero-order valence-corrected chi connectivity index (χ0v) is 11.9. The van der Waals surface area contributed by atoms with E-state index >= 15 is 0 Å². The molecule has 1 aromatic heterocycles. The highest BCUT2D eigenvalue weighted by atomic mass is 16.5. The van der Waals surface area contributed by atoms with Crippen molar-refractivity contribution in [3.8, 4) is 5.88 Å². The minimum atomic E-state index is 0.361. The van der Waals surface area contributed by atoms with E-state index in [-0.39, 0.29) is 0 Å². The highest BCUT2D eigenvalue weighted by Gasteiger charge is 2.19. The van der Waals surface area contributed by atoms with Crippen LogP contribution >= 0.6 is 0 Å². The van der Waals surface area contributed by atoms with Crippen molar-refractivity contribution in [2.24, 2.45) is 5.73 Å². The maximum atomic E-state index is 5.91. The van der Waals surface area contributed by atoms with Crippen LogP contribution in [0.4, 0.5) is 5.95 Å². The molecule has 1 saturated carbocycles. The molecule has 0 aromatic carbocycles. The molecule has 0 aliphatic heterocycles. The third-order valence-corrected chi connectivity index (χ3v) is 3.39. The van der Waals surface area contributed by atoms with Gasteiger partial charge < -0.3 is 15.8 Å². The van der Waals surface area contributed by atoms with Crippen LogP contribution in [0, 0.1) is 6.92 Å². The smallest absolute Gasteiger partial charge is 0.226 e. The molecule has 106 valence electrons. The van der Waals surface area contributed by atoms with Crippen LogP contribution in [-0.4, -0.2) is 28.7 Å². The maximum Gasteiger partial charge on any atom is 0.226 e. The number of aryl methyl sites for hydroxylation is 1. The van der Waals surface area contributed by atoms with E-state index in [1.54, 1.807) is 0 Å². The number of ether oxygens (including phenoxy) is 1. The molecule has 3 N–H and O–H groups in total. The van der Waals surface area contributed by atoms with Gasteiger partial charge in [-0.05, 0) is 39.0 Å². The zero-order valence-electron chi connectivity index (χ0n) is 11.9. The summed E-state index contributed by atoms with van der Waals surface area (Å²) in [5.41, 5.74) is 6.84. The van der Waals surface area contributed by atoms with Crippen LogP contribution in [-0.2, 0) is 0 Å². The molecule has 1 aromatic rings. The molecular formula is C14H24N4O. The third-order valence-electron chi connectivity index (χ3n) is 3.39. The summed E-state index contributed by atoms with van der Waals surface area (Å²) in [6.45, 7) is 4.73. The molecule has 1 fully saturated rings. The molecule has 0 radical (unpaired) electrons. The summed E-state index contributed by atoms with van der Waals surface area (Å²) in [5, 5.41) is 3.40. The van der Waals surface area contributed by atoms with E-state index < -0.39 is 0 Å². The third kappa shape index (κ3) is 4.35. The molecule has 0 atom stereocenters. The van der Waals surface area contributed by atoms with Crippen molar-refractivity contribution in [3.05, 3.63) is 11.8 Å². The molecule has 0 amide bonds. The first kappa shape index (κ1) is 14.1. The van der Waals surface area contributed by atoms with Crippen molar-refractivity contribution in [1.82, 2.24) is 9.97 Å². The molecule has 1 aliphatic carbocycles. The second kappa shape index (κ2) is 6.70. The summed E-state index contributed by atoms with van der Waals surface area (Å²) in [7, 11) is 0. The first-order valence-electron chi connectivity index (χ1n) is 7.18. The molecule has 19 heavy (non-hydrogen) atoms. The number of rotatable bonds is 5. The Balaban J connectivity index is 1.97. The van der Waals surface area contributed by atoms with Gasteiger partial charge in [-0.25, -0.2) is 4.98 Å². The fourth-order valence-electron chi connectivity index (χ4n) is 2.33. The summed E-state index contributed by atoms with van der Waals surface area (Å²) in [4.78, 5) is 8.83. The Kier molecular flexibility index (Phi) is 4.96. The van der Waals surface area contributed by atoms with E-state index in [1.165, 1.54) is 0 Å². The molecule has 2 rings (SSSR count). The van der Waals surface area contributed by atoms with Gasteiger partial charge in [0.15, 0.2) is 0 Å². The van der Waals surface area contributed by atoms with E-state index in [4.69, 9.17) is 10.5 Å². The minimum absolute atomic E-state index is 0.361. The van der Waals surface area contributed by atoms with Gasteiger partial charge in [0.2, 0.25) is 11.8 Å². The first-order valence-corrected chi connectivity index (χ1v) is 7.18. The maximum absolute atomic E-state index is 5.91. The lowest BCUT2D eigenvalue weighted by atomic mass is 9.92. The predicted molar refractivity (Wildman–Crippen MR) is 76.4 cm³/mol. The zero-order chi connectivity index (χ0) is 13.7. The van der Waals surface area contributed by atoms with E-state index in [1.807, 2.05) is 13.0 Å². The molecule has 1 aliphatic rings. The largest absolute Gasteiger partial charge is 0.478 e. The van der Waals surface area contributed by atoms with Gasteiger partial charge in [-0.1, -0.05) is 6.92 Å². The highest BCUT2D eigenvalue weighted by molar-refractivity contribution is 5.31. The number of hydrogen-bond donors (Lipinski definition) is 2. The lowest BCUT2D eigenvalue weighted by molar-refractivity contribution is 0.304. The van der Waals surface area contributed by atoms with Gasteiger partial charge in [0.1, 0.15) is 0 Å². The monoisotopic (exact) mass is 264 g/mol. The average molecular weight is 264 g/mol. The van der Waals surface area contributed by atoms with Crippen molar-refractivity contribution < 1.29 is 4.74 Å². The van der Waals surface area contributed by atoms with Crippen molar-refractivity contribution in [2.75, 3.05) is 11.9 Å². The number of nitrogens with zero attached hydrogens (tertiary/aromatic N) is 2. The second-order valence-electron chi connectivity index (χ2n) is 5.28. The molecule has 5 heteroatoms. The van der Waals surface area contributed by atoms with Gasteiger partial charge in [-0.15, -0.1) is 0 Å². The van der Waals surface area contributed by atoms with Gasteiger partial charge >= 0.3 is 0 Å². The summed E-state index contributed by atoms with van der Waals surface area (Å²) in [5.74, 6) is 1.33. The van der Waals surface area contributed by atoms with E-state index in [2.05, 4.69) is 22.2 Å². The van der Waals surface area contributed by atoms with Crippen LogP contribution in [0.2, 0.25) is 0 Å². The van der Waals surface area contributed by atoms with Crippen LogP contribution in [0.5, 0.6) is 5.88 Å². The highest BCUT2D eigenvalue weighted by Crippen LogP contribution is 2.21. The van der Waals surface area contributed by atoms with Gasteiger partial charge in [0, 0.05) is 23.8 Å². The lowest BCUT2D eigenvalue weighted by Gasteiger charge is -2.26. The molecule has 0 saturated heterocycles. The Hall–Kier alpha value is -1.36. The topological polar surface area (TPSA) is 73.1 Å². The molecule has 5 nitrogen and oxygen atoms in total. The fourth-order valence-corrected chi connectivity index (χ4v) is 2.33. The van der Waals surface area contributed by atoms with Crippen molar-refractivity contribution in [2.45, 2.75) is 58.0 Å². The van der Waals surface area contributed by atoms with Crippen molar-refractivity contribution >= 4 is 5.95 Å². The summed E-state index contributed by atoms with van der Waals surface area (Å²) in [6.07, 6.45) is 5.30. The van der Waals surface area contributed by atoms with Gasteiger partial charge in [0.05, 0.1) is 6.61 Å². The number of nitrogens with two attached hydrogens (primary N) is 1. The lowest BCUT2D eigenvalue weighted by Crippen LogP contribution is -2.33. The SMILES string of the molecule is CCCOc1cc(C)nc(NC2CCC(N)CC2)n1. The molecule has 0 spiro atoms. The Morgan fingerprint density at radius 2 is 2.05 bits per heavy atom. The van der Waals surface area contributed by atoms with Gasteiger partial charge in [-0.2, -0.15) is 4.98 Å². The van der Waals surface area contributed by atoms with Crippen LogP contribution in [0.15, 0.2) is 6.07 Å². The van der Waals surface area contributed by atoms with E-state index in [0.29, 0.717) is 30.5 Å². The first-order chi connectivity index (χ1) is 9.17. The van der Waals surface area contributed by atoms with Crippen molar-refractivity contribution in [3.63, 3.8) is 0 Å².